The van der Waals surface area contributed by atoms with Crippen molar-refractivity contribution in [2.45, 2.75) is 19.4 Å². The molecule has 0 aliphatic carbocycles. The fourth-order valence-electron chi connectivity index (χ4n) is 2.77. The highest BCUT2D eigenvalue weighted by atomic mass is 32.1. The Morgan fingerprint density at radius 3 is 3.00 bits per heavy atom. The van der Waals surface area contributed by atoms with Crippen LogP contribution in [0.25, 0.3) is 10.6 Å². The van der Waals surface area contributed by atoms with E-state index in [4.69, 9.17) is 0 Å². The van der Waals surface area contributed by atoms with Gasteiger partial charge in [-0.3, -0.25) is 9.59 Å². The molecule has 2 N–H and O–H groups in total. The molecule has 0 bridgehead atoms. The summed E-state index contributed by atoms with van der Waals surface area (Å²) in [5.74, 6) is -0.188. The summed E-state index contributed by atoms with van der Waals surface area (Å²) in [5.41, 5.74) is 4.26. The molecule has 2 amide bonds. The third-order valence-electron chi connectivity index (χ3n) is 4.11. The number of hydrogen-bond acceptors (Lipinski definition) is 5. The number of carbonyl (C=O) groups excluding carboxylic acids is 2. The first-order chi connectivity index (χ1) is 12.1. The molecule has 126 valence electrons. The maximum atomic E-state index is 12.5. The summed E-state index contributed by atoms with van der Waals surface area (Å²) in [6.07, 6.45) is 0.389. The molecule has 0 radical (unpaired) electrons. The number of carbonyl (C=O) groups is 2. The lowest BCUT2D eigenvalue weighted by atomic mass is 10.0. The lowest BCUT2D eigenvalue weighted by Gasteiger charge is -2.14. The minimum atomic E-state index is -0.195. The van der Waals surface area contributed by atoms with Crippen molar-refractivity contribution < 1.29 is 9.59 Å². The van der Waals surface area contributed by atoms with Crippen molar-refractivity contribution in [3.8, 4) is 10.6 Å². The number of benzene rings is 1. The normalized spacial score (nSPS) is 14.0. The summed E-state index contributed by atoms with van der Waals surface area (Å²) in [5, 5.41) is 12.4. The average molecular weight is 369 g/mol. The summed E-state index contributed by atoms with van der Waals surface area (Å²) in [7, 11) is 0. The fraction of sp³-hybridized carbons (Fsp3) is 0.167. The molecule has 25 heavy (non-hydrogen) atoms. The highest BCUT2D eigenvalue weighted by Crippen LogP contribution is 2.28. The van der Waals surface area contributed by atoms with Gasteiger partial charge < -0.3 is 10.6 Å². The van der Waals surface area contributed by atoms with Crippen LogP contribution in [0.2, 0.25) is 0 Å². The fourth-order valence-corrected chi connectivity index (χ4v) is 4.28. The molecule has 0 saturated carbocycles. The summed E-state index contributed by atoms with van der Waals surface area (Å²) in [6, 6.07) is 7.60. The van der Waals surface area contributed by atoms with Crippen molar-refractivity contribution in [1.29, 1.82) is 0 Å². The molecule has 1 atom stereocenters. The van der Waals surface area contributed by atoms with Gasteiger partial charge >= 0.3 is 0 Å². The summed E-state index contributed by atoms with van der Waals surface area (Å²) < 4.78 is 0. The van der Waals surface area contributed by atoms with Gasteiger partial charge in [0, 0.05) is 22.0 Å². The number of thiazole rings is 1. The van der Waals surface area contributed by atoms with Crippen molar-refractivity contribution in [3.63, 3.8) is 0 Å². The molecule has 3 heterocycles. The topological polar surface area (TPSA) is 71.1 Å². The molecule has 1 aliphatic rings. The van der Waals surface area contributed by atoms with Crippen LogP contribution in [0.15, 0.2) is 40.4 Å². The Bertz CT molecular complexity index is 947. The van der Waals surface area contributed by atoms with Gasteiger partial charge in [-0.05, 0) is 35.6 Å². The SMILES string of the molecule is C[C@@H](NC(=O)c1csc(-c2ccsc2)n1)c1ccc2c(c1)CC(=O)N2. The number of fused-ring (bicyclic) bond motifs is 1. The van der Waals surface area contributed by atoms with E-state index in [9.17, 15) is 9.59 Å². The minimum Gasteiger partial charge on any atom is -0.344 e. The zero-order valence-electron chi connectivity index (χ0n) is 13.4. The van der Waals surface area contributed by atoms with E-state index in [1.807, 2.05) is 41.9 Å². The number of amides is 2. The molecule has 5 nitrogen and oxygen atoms in total. The molecule has 3 aromatic rings. The molecule has 0 spiro atoms. The smallest absolute Gasteiger partial charge is 0.271 e. The van der Waals surface area contributed by atoms with Crippen molar-refractivity contribution in [2.24, 2.45) is 0 Å². The highest BCUT2D eigenvalue weighted by Gasteiger charge is 2.20. The molecule has 1 aromatic carbocycles. The van der Waals surface area contributed by atoms with E-state index in [0.717, 1.165) is 27.4 Å². The van der Waals surface area contributed by atoms with Crippen LogP contribution >= 0.6 is 22.7 Å². The Balaban J connectivity index is 1.48. The lowest BCUT2D eigenvalue weighted by Crippen LogP contribution is -2.26. The van der Waals surface area contributed by atoms with E-state index in [0.29, 0.717) is 12.1 Å². The van der Waals surface area contributed by atoms with E-state index < -0.39 is 0 Å². The second-order valence-corrected chi connectivity index (χ2v) is 7.52. The second-order valence-electron chi connectivity index (χ2n) is 5.89. The maximum Gasteiger partial charge on any atom is 0.271 e. The summed E-state index contributed by atoms with van der Waals surface area (Å²) >= 11 is 3.07. The van der Waals surface area contributed by atoms with Crippen molar-refractivity contribution in [1.82, 2.24) is 10.3 Å². The van der Waals surface area contributed by atoms with Gasteiger partial charge in [0.2, 0.25) is 5.91 Å². The predicted molar refractivity (Wildman–Crippen MR) is 100 cm³/mol. The lowest BCUT2D eigenvalue weighted by molar-refractivity contribution is -0.115. The van der Waals surface area contributed by atoms with Crippen molar-refractivity contribution >= 4 is 40.2 Å². The van der Waals surface area contributed by atoms with Crippen LogP contribution in [-0.4, -0.2) is 16.8 Å². The molecular formula is C18H15N3O2S2. The third kappa shape index (κ3) is 3.20. The van der Waals surface area contributed by atoms with Gasteiger partial charge in [0.15, 0.2) is 0 Å². The number of thiophene rings is 1. The van der Waals surface area contributed by atoms with Crippen LogP contribution in [0, 0.1) is 0 Å². The van der Waals surface area contributed by atoms with Crippen LogP contribution < -0.4 is 10.6 Å². The van der Waals surface area contributed by atoms with Gasteiger partial charge in [-0.1, -0.05) is 12.1 Å². The van der Waals surface area contributed by atoms with Gasteiger partial charge in [0.1, 0.15) is 10.7 Å². The first-order valence-corrected chi connectivity index (χ1v) is 9.64. The monoisotopic (exact) mass is 369 g/mol. The highest BCUT2D eigenvalue weighted by molar-refractivity contribution is 7.14. The van der Waals surface area contributed by atoms with Gasteiger partial charge in [0.05, 0.1) is 12.5 Å². The molecule has 7 heteroatoms. The van der Waals surface area contributed by atoms with Crippen LogP contribution in [0.4, 0.5) is 5.69 Å². The predicted octanol–water partition coefficient (Wildman–Crippen LogP) is 3.86. The van der Waals surface area contributed by atoms with E-state index in [2.05, 4.69) is 15.6 Å². The van der Waals surface area contributed by atoms with Crippen LogP contribution in [0.3, 0.4) is 0 Å². The molecule has 4 rings (SSSR count). The largest absolute Gasteiger partial charge is 0.344 e. The average Bonchev–Trinajstić information content (AvgIpc) is 3.32. The van der Waals surface area contributed by atoms with Crippen molar-refractivity contribution in [3.05, 3.63) is 57.2 Å². The quantitative estimate of drug-likeness (QED) is 0.734. The van der Waals surface area contributed by atoms with Gasteiger partial charge in [0.25, 0.3) is 5.91 Å². The Kier molecular flexibility index (Phi) is 4.10. The number of nitrogens with one attached hydrogen (secondary N) is 2. The zero-order valence-corrected chi connectivity index (χ0v) is 15.0. The minimum absolute atomic E-state index is 0.00673. The van der Waals surface area contributed by atoms with E-state index in [1.165, 1.54) is 11.3 Å². The number of anilines is 1. The third-order valence-corrected chi connectivity index (χ3v) is 5.68. The van der Waals surface area contributed by atoms with Gasteiger partial charge in [-0.2, -0.15) is 11.3 Å². The van der Waals surface area contributed by atoms with Crippen LogP contribution in [0.1, 0.15) is 34.6 Å². The molecule has 0 fully saturated rings. The first-order valence-electron chi connectivity index (χ1n) is 7.82. The first kappa shape index (κ1) is 16.0. The molecule has 2 aromatic heterocycles. The Hall–Kier alpha value is -2.51. The number of aromatic nitrogens is 1. The van der Waals surface area contributed by atoms with E-state index in [-0.39, 0.29) is 17.9 Å². The zero-order chi connectivity index (χ0) is 17.4. The van der Waals surface area contributed by atoms with Crippen LogP contribution in [0.5, 0.6) is 0 Å². The standard InChI is InChI=1S/C18H15N3O2S2/c1-10(11-2-3-14-13(6-11)7-16(22)20-14)19-17(23)15-9-25-18(21-15)12-4-5-24-8-12/h2-6,8-10H,7H2,1H3,(H,19,23)(H,20,22)/t10-/m1/s1. The molecule has 0 saturated heterocycles. The summed E-state index contributed by atoms with van der Waals surface area (Å²) in [4.78, 5) is 28.3. The van der Waals surface area contributed by atoms with Crippen molar-refractivity contribution in [2.75, 3.05) is 5.32 Å². The molecular weight excluding hydrogens is 354 g/mol. The molecule has 1 aliphatic heterocycles. The number of rotatable bonds is 4. The van der Waals surface area contributed by atoms with Gasteiger partial charge in [-0.15, -0.1) is 11.3 Å². The summed E-state index contributed by atoms with van der Waals surface area (Å²) in [6.45, 7) is 1.93. The van der Waals surface area contributed by atoms with E-state index >= 15 is 0 Å². The molecule has 0 unspecified atom stereocenters. The Morgan fingerprint density at radius 2 is 2.20 bits per heavy atom. The number of nitrogens with zero attached hydrogens (tertiary/aromatic N) is 1. The van der Waals surface area contributed by atoms with E-state index in [1.54, 1.807) is 16.7 Å². The van der Waals surface area contributed by atoms with Crippen LogP contribution in [-0.2, 0) is 11.2 Å². The maximum absolute atomic E-state index is 12.5. The van der Waals surface area contributed by atoms with Gasteiger partial charge in [-0.25, -0.2) is 4.98 Å². The second kappa shape index (κ2) is 6.42. The Morgan fingerprint density at radius 1 is 1.32 bits per heavy atom. The number of hydrogen-bond donors (Lipinski definition) is 2. The Labute approximate surface area is 152 Å².